The molecule has 0 atom stereocenters. The van der Waals surface area contributed by atoms with Crippen molar-refractivity contribution in [2.45, 2.75) is 51.0 Å². The quantitative estimate of drug-likeness (QED) is 0.489. The first-order valence-corrected chi connectivity index (χ1v) is 4.78. The van der Waals surface area contributed by atoms with Gasteiger partial charge in [-0.3, -0.25) is 0 Å². The maximum atomic E-state index is 9.95. The number of aliphatic hydroxyl groups is 1. The van der Waals surface area contributed by atoms with Gasteiger partial charge in [0.25, 0.3) is 0 Å². The van der Waals surface area contributed by atoms with Crippen LogP contribution in [0.4, 0.5) is 0 Å². The summed E-state index contributed by atoms with van der Waals surface area (Å²) in [4.78, 5) is 0. The summed E-state index contributed by atoms with van der Waals surface area (Å²) in [5.74, 6) is 4.95. The highest BCUT2D eigenvalue weighted by atomic mass is 16.3. The van der Waals surface area contributed by atoms with E-state index in [1.807, 2.05) is 0 Å². The van der Waals surface area contributed by atoms with Gasteiger partial charge in [-0.2, -0.15) is 0 Å². The van der Waals surface area contributed by atoms with E-state index in [2.05, 4.69) is 18.8 Å². The second kappa shape index (κ2) is 6.58. The van der Waals surface area contributed by atoms with Gasteiger partial charge in [0, 0.05) is 12.8 Å². The van der Waals surface area contributed by atoms with Crippen LogP contribution in [0.1, 0.15) is 45.4 Å². The molecule has 0 rings (SSSR count). The van der Waals surface area contributed by atoms with Gasteiger partial charge in [-0.15, -0.1) is 24.7 Å². The van der Waals surface area contributed by atoms with E-state index < -0.39 is 5.60 Å². The molecule has 0 aliphatic rings. The zero-order valence-electron chi connectivity index (χ0n) is 8.34. The summed E-state index contributed by atoms with van der Waals surface area (Å²) >= 11 is 0. The minimum absolute atomic E-state index is 0.362. The molecule has 0 aliphatic carbocycles. The SMILES string of the molecule is C#CCC(O)(CC#C)CCCCC. The van der Waals surface area contributed by atoms with Crippen molar-refractivity contribution < 1.29 is 5.11 Å². The molecule has 1 nitrogen and oxygen atoms in total. The Labute approximate surface area is 81.5 Å². The Hall–Kier alpha value is -0.920. The number of unbranched alkanes of at least 4 members (excludes halogenated alkanes) is 2. The maximum absolute atomic E-state index is 9.95. The van der Waals surface area contributed by atoms with Crippen LogP contribution in [-0.2, 0) is 0 Å². The van der Waals surface area contributed by atoms with Crippen LogP contribution < -0.4 is 0 Å². The third-order valence-electron chi connectivity index (χ3n) is 2.11. The van der Waals surface area contributed by atoms with Crippen molar-refractivity contribution in [3.8, 4) is 24.7 Å². The molecule has 0 heterocycles. The number of hydrogen-bond acceptors (Lipinski definition) is 1. The van der Waals surface area contributed by atoms with Crippen molar-refractivity contribution in [3.63, 3.8) is 0 Å². The summed E-state index contributed by atoms with van der Waals surface area (Å²) in [6.45, 7) is 2.13. The summed E-state index contributed by atoms with van der Waals surface area (Å²) in [6.07, 6.45) is 15.0. The third kappa shape index (κ3) is 5.34. The molecule has 1 N–H and O–H groups in total. The van der Waals surface area contributed by atoms with Gasteiger partial charge in [0.2, 0.25) is 0 Å². The largest absolute Gasteiger partial charge is 0.388 e. The average molecular weight is 178 g/mol. The Kier molecular flexibility index (Phi) is 6.11. The molecule has 0 bridgehead atoms. The molecule has 0 aliphatic heterocycles. The van der Waals surface area contributed by atoms with E-state index in [9.17, 15) is 5.11 Å². The zero-order chi connectivity index (χ0) is 10.2. The smallest absolute Gasteiger partial charge is 0.0864 e. The summed E-state index contributed by atoms with van der Waals surface area (Å²) < 4.78 is 0. The van der Waals surface area contributed by atoms with E-state index in [0.717, 1.165) is 25.7 Å². The van der Waals surface area contributed by atoms with E-state index >= 15 is 0 Å². The summed E-state index contributed by atoms with van der Waals surface area (Å²) in [5, 5.41) is 9.95. The Bertz CT molecular complexity index is 188. The fourth-order valence-corrected chi connectivity index (χ4v) is 1.32. The van der Waals surface area contributed by atoms with Gasteiger partial charge < -0.3 is 5.11 Å². The van der Waals surface area contributed by atoms with Gasteiger partial charge in [0.05, 0.1) is 5.60 Å². The molecule has 1 heteroatoms. The van der Waals surface area contributed by atoms with Crippen LogP contribution in [0, 0.1) is 24.7 Å². The number of hydrogen-bond donors (Lipinski definition) is 1. The Balaban J connectivity index is 3.95. The van der Waals surface area contributed by atoms with E-state index in [1.54, 1.807) is 0 Å². The Morgan fingerprint density at radius 2 is 1.69 bits per heavy atom. The highest BCUT2D eigenvalue weighted by Gasteiger charge is 2.23. The summed E-state index contributed by atoms with van der Waals surface area (Å²) in [5.41, 5.74) is -0.821. The molecule has 0 aromatic rings. The highest BCUT2D eigenvalue weighted by molar-refractivity contribution is 5.02. The Morgan fingerprint density at radius 3 is 2.08 bits per heavy atom. The Morgan fingerprint density at radius 1 is 1.15 bits per heavy atom. The lowest BCUT2D eigenvalue weighted by atomic mass is 9.90. The topological polar surface area (TPSA) is 20.2 Å². The third-order valence-corrected chi connectivity index (χ3v) is 2.11. The van der Waals surface area contributed by atoms with E-state index in [1.165, 1.54) is 0 Å². The molecule has 0 saturated heterocycles. The lowest BCUT2D eigenvalue weighted by molar-refractivity contribution is 0.0391. The standard InChI is InChI=1S/C12H18O/c1-4-7-8-11-12(13,9-5-2)10-6-3/h2-3,13H,4,7-11H2,1H3. The molecule has 0 saturated carbocycles. The van der Waals surface area contributed by atoms with Gasteiger partial charge in [0.15, 0.2) is 0 Å². The molecule has 0 aromatic heterocycles. The maximum Gasteiger partial charge on any atom is 0.0864 e. The van der Waals surface area contributed by atoms with Crippen LogP contribution in [0.3, 0.4) is 0 Å². The fraction of sp³-hybridized carbons (Fsp3) is 0.667. The normalized spacial score (nSPS) is 10.5. The van der Waals surface area contributed by atoms with E-state index in [-0.39, 0.29) is 0 Å². The van der Waals surface area contributed by atoms with Crippen LogP contribution in [0.25, 0.3) is 0 Å². The van der Waals surface area contributed by atoms with Gasteiger partial charge in [-0.05, 0) is 6.42 Å². The second-order valence-corrected chi connectivity index (χ2v) is 3.44. The van der Waals surface area contributed by atoms with Crippen molar-refractivity contribution in [1.29, 1.82) is 0 Å². The lowest BCUT2D eigenvalue weighted by Gasteiger charge is -2.23. The predicted octanol–water partition coefficient (Wildman–Crippen LogP) is 2.34. The molecular weight excluding hydrogens is 160 g/mol. The lowest BCUT2D eigenvalue weighted by Crippen LogP contribution is -2.27. The molecule has 0 aromatic carbocycles. The van der Waals surface area contributed by atoms with Crippen molar-refractivity contribution >= 4 is 0 Å². The summed E-state index contributed by atoms with van der Waals surface area (Å²) in [6, 6.07) is 0. The first-order valence-electron chi connectivity index (χ1n) is 4.78. The van der Waals surface area contributed by atoms with Crippen molar-refractivity contribution in [1.82, 2.24) is 0 Å². The van der Waals surface area contributed by atoms with Gasteiger partial charge in [0.1, 0.15) is 0 Å². The van der Waals surface area contributed by atoms with E-state index in [4.69, 9.17) is 12.8 Å². The van der Waals surface area contributed by atoms with Crippen LogP contribution in [0.2, 0.25) is 0 Å². The van der Waals surface area contributed by atoms with Crippen molar-refractivity contribution in [3.05, 3.63) is 0 Å². The molecule has 13 heavy (non-hydrogen) atoms. The van der Waals surface area contributed by atoms with Crippen molar-refractivity contribution in [2.24, 2.45) is 0 Å². The van der Waals surface area contributed by atoms with Gasteiger partial charge in [-0.25, -0.2) is 0 Å². The molecule has 72 valence electrons. The second-order valence-electron chi connectivity index (χ2n) is 3.44. The average Bonchev–Trinajstić information content (AvgIpc) is 2.05. The van der Waals surface area contributed by atoms with Crippen LogP contribution in [-0.4, -0.2) is 10.7 Å². The van der Waals surface area contributed by atoms with Crippen LogP contribution in [0.5, 0.6) is 0 Å². The molecule has 0 fully saturated rings. The zero-order valence-corrected chi connectivity index (χ0v) is 8.34. The molecule has 0 unspecified atom stereocenters. The number of terminal acetylenes is 2. The predicted molar refractivity (Wildman–Crippen MR) is 56.0 cm³/mol. The minimum Gasteiger partial charge on any atom is -0.388 e. The van der Waals surface area contributed by atoms with Crippen LogP contribution >= 0.6 is 0 Å². The fourth-order valence-electron chi connectivity index (χ4n) is 1.32. The molecule has 0 radical (unpaired) electrons. The molecule has 0 spiro atoms. The van der Waals surface area contributed by atoms with Crippen LogP contribution in [0.15, 0.2) is 0 Å². The van der Waals surface area contributed by atoms with Crippen molar-refractivity contribution in [2.75, 3.05) is 0 Å². The molecular formula is C12H18O. The number of rotatable bonds is 6. The monoisotopic (exact) mass is 178 g/mol. The molecule has 0 amide bonds. The minimum atomic E-state index is -0.821. The highest BCUT2D eigenvalue weighted by Crippen LogP contribution is 2.22. The van der Waals surface area contributed by atoms with Gasteiger partial charge >= 0.3 is 0 Å². The first kappa shape index (κ1) is 12.1. The van der Waals surface area contributed by atoms with Gasteiger partial charge in [-0.1, -0.05) is 26.2 Å². The van der Waals surface area contributed by atoms with E-state index in [0.29, 0.717) is 12.8 Å². The summed E-state index contributed by atoms with van der Waals surface area (Å²) in [7, 11) is 0. The first-order chi connectivity index (χ1) is 6.18.